The Morgan fingerprint density at radius 3 is 2.78 bits per heavy atom. The third-order valence-corrected chi connectivity index (χ3v) is 3.82. The van der Waals surface area contributed by atoms with Gasteiger partial charge in [0.05, 0.1) is 7.11 Å². The minimum absolute atomic E-state index is 0.109. The van der Waals surface area contributed by atoms with Gasteiger partial charge in [0.15, 0.2) is 0 Å². The molecule has 0 amide bonds. The van der Waals surface area contributed by atoms with Crippen molar-refractivity contribution in [1.82, 2.24) is 5.32 Å². The van der Waals surface area contributed by atoms with Gasteiger partial charge in [0.1, 0.15) is 5.54 Å². The summed E-state index contributed by atoms with van der Waals surface area (Å²) in [7, 11) is 1.48. The van der Waals surface area contributed by atoms with Gasteiger partial charge in [-0.2, -0.15) is 0 Å². The molecule has 4 heteroatoms. The van der Waals surface area contributed by atoms with Gasteiger partial charge in [-0.3, -0.25) is 4.79 Å². The number of carbonyl (C=O) groups is 1. The molecular weight excluding hydrogens is 230 g/mol. The van der Waals surface area contributed by atoms with E-state index in [9.17, 15) is 4.79 Å². The normalized spacial score (nSPS) is 27.4. The molecule has 1 aliphatic carbocycles. The van der Waals surface area contributed by atoms with Gasteiger partial charge in [-0.1, -0.05) is 20.3 Å². The number of rotatable bonds is 8. The first-order chi connectivity index (χ1) is 8.71. The fourth-order valence-electron chi connectivity index (χ4n) is 3.01. The van der Waals surface area contributed by atoms with Crippen LogP contribution in [0.2, 0.25) is 0 Å². The molecule has 1 rings (SSSR count). The van der Waals surface area contributed by atoms with Crippen molar-refractivity contribution in [1.29, 1.82) is 0 Å². The molecule has 0 aliphatic heterocycles. The van der Waals surface area contributed by atoms with Crippen LogP contribution in [0.25, 0.3) is 0 Å². The van der Waals surface area contributed by atoms with E-state index in [2.05, 4.69) is 12.2 Å². The first kappa shape index (κ1) is 15.4. The van der Waals surface area contributed by atoms with E-state index in [1.54, 1.807) is 0 Å². The monoisotopic (exact) mass is 257 g/mol. The van der Waals surface area contributed by atoms with Crippen LogP contribution >= 0.6 is 0 Å². The average molecular weight is 257 g/mol. The van der Waals surface area contributed by atoms with Gasteiger partial charge in [0.2, 0.25) is 0 Å². The highest BCUT2D eigenvalue weighted by Gasteiger charge is 2.48. The fraction of sp³-hybridized carbons (Fsp3) is 0.929. The van der Waals surface area contributed by atoms with Gasteiger partial charge in [-0.15, -0.1) is 0 Å². The summed E-state index contributed by atoms with van der Waals surface area (Å²) >= 11 is 0. The van der Waals surface area contributed by atoms with Crippen LogP contribution in [0.3, 0.4) is 0 Å². The van der Waals surface area contributed by atoms with E-state index >= 15 is 0 Å². The minimum atomic E-state index is -0.473. The predicted octanol–water partition coefficient (Wildman–Crippen LogP) is 2.12. The lowest BCUT2D eigenvalue weighted by Gasteiger charge is -2.33. The van der Waals surface area contributed by atoms with E-state index in [0.29, 0.717) is 5.92 Å². The molecule has 0 radical (unpaired) electrons. The minimum Gasteiger partial charge on any atom is -0.468 e. The Hall–Kier alpha value is -0.610. The number of hydrogen-bond acceptors (Lipinski definition) is 4. The van der Waals surface area contributed by atoms with Crippen molar-refractivity contribution in [2.75, 3.05) is 26.9 Å². The Kier molecular flexibility index (Phi) is 6.65. The lowest BCUT2D eigenvalue weighted by Crippen LogP contribution is -2.55. The second-order valence-corrected chi connectivity index (χ2v) is 4.98. The van der Waals surface area contributed by atoms with Gasteiger partial charge in [0, 0.05) is 13.2 Å². The third-order valence-electron chi connectivity index (χ3n) is 3.82. The number of hydrogen-bond donors (Lipinski definition) is 1. The SMILES string of the molecule is CCCOCCC1CCCC1(NCC)C(=O)OC. The molecule has 0 heterocycles. The van der Waals surface area contributed by atoms with Crippen LogP contribution in [-0.4, -0.2) is 38.4 Å². The number of likely N-dealkylation sites (N-methyl/N-ethyl adjacent to an activating group) is 1. The lowest BCUT2D eigenvalue weighted by molar-refractivity contribution is -0.150. The average Bonchev–Trinajstić information content (AvgIpc) is 2.78. The molecule has 1 aliphatic rings. The second kappa shape index (κ2) is 7.74. The van der Waals surface area contributed by atoms with Crippen molar-refractivity contribution in [3.8, 4) is 0 Å². The molecule has 1 N–H and O–H groups in total. The summed E-state index contributed by atoms with van der Waals surface area (Å²) in [6, 6.07) is 0. The zero-order valence-corrected chi connectivity index (χ0v) is 12.0. The molecule has 4 nitrogen and oxygen atoms in total. The highest BCUT2D eigenvalue weighted by atomic mass is 16.5. The van der Waals surface area contributed by atoms with Crippen molar-refractivity contribution < 1.29 is 14.3 Å². The van der Waals surface area contributed by atoms with E-state index in [1.807, 2.05) is 6.92 Å². The second-order valence-electron chi connectivity index (χ2n) is 4.98. The molecule has 0 spiro atoms. The van der Waals surface area contributed by atoms with Gasteiger partial charge >= 0.3 is 5.97 Å². The molecule has 0 aromatic carbocycles. The lowest BCUT2D eigenvalue weighted by atomic mass is 9.84. The summed E-state index contributed by atoms with van der Waals surface area (Å²) in [4.78, 5) is 12.1. The molecule has 1 saturated carbocycles. The molecular formula is C14H27NO3. The maximum absolute atomic E-state index is 12.1. The summed E-state index contributed by atoms with van der Waals surface area (Å²) in [5.41, 5.74) is -0.473. The van der Waals surface area contributed by atoms with Gasteiger partial charge < -0.3 is 14.8 Å². The zero-order valence-electron chi connectivity index (χ0n) is 12.0. The summed E-state index contributed by atoms with van der Waals surface area (Å²) in [5.74, 6) is 0.226. The molecule has 0 saturated heterocycles. The highest BCUT2D eigenvalue weighted by Crippen LogP contribution is 2.38. The largest absolute Gasteiger partial charge is 0.468 e. The Morgan fingerprint density at radius 1 is 1.39 bits per heavy atom. The first-order valence-electron chi connectivity index (χ1n) is 7.12. The smallest absolute Gasteiger partial charge is 0.326 e. The van der Waals surface area contributed by atoms with E-state index in [-0.39, 0.29) is 5.97 Å². The highest BCUT2D eigenvalue weighted by molar-refractivity contribution is 5.81. The summed E-state index contributed by atoms with van der Waals surface area (Å²) in [6.07, 6.45) is 5.02. The molecule has 1 fully saturated rings. The number of ether oxygens (including phenoxy) is 2. The first-order valence-corrected chi connectivity index (χ1v) is 7.12. The van der Waals surface area contributed by atoms with Crippen LogP contribution in [0.4, 0.5) is 0 Å². The molecule has 0 bridgehead atoms. The Labute approximate surface area is 110 Å². The molecule has 2 unspecified atom stereocenters. The third kappa shape index (κ3) is 3.45. The van der Waals surface area contributed by atoms with Crippen molar-refractivity contribution in [3.63, 3.8) is 0 Å². The van der Waals surface area contributed by atoms with Crippen molar-refractivity contribution in [2.45, 2.75) is 51.5 Å². The van der Waals surface area contributed by atoms with Gasteiger partial charge in [0.25, 0.3) is 0 Å². The van der Waals surface area contributed by atoms with Crippen molar-refractivity contribution in [3.05, 3.63) is 0 Å². The molecule has 2 atom stereocenters. The van der Waals surface area contributed by atoms with Crippen molar-refractivity contribution >= 4 is 5.97 Å². The number of carbonyl (C=O) groups excluding carboxylic acids is 1. The summed E-state index contributed by atoms with van der Waals surface area (Å²) in [6.45, 7) is 6.48. The van der Waals surface area contributed by atoms with Crippen LogP contribution in [-0.2, 0) is 14.3 Å². The number of nitrogens with one attached hydrogen (secondary N) is 1. The molecule has 0 aromatic rings. The van der Waals surface area contributed by atoms with Crippen LogP contribution < -0.4 is 5.32 Å². The van der Waals surface area contributed by atoms with E-state index in [4.69, 9.17) is 9.47 Å². The summed E-state index contributed by atoms with van der Waals surface area (Å²) < 4.78 is 10.6. The predicted molar refractivity (Wildman–Crippen MR) is 71.5 cm³/mol. The molecule has 0 aromatic heterocycles. The number of esters is 1. The maximum Gasteiger partial charge on any atom is 0.326 e. The standard InChI is InChI=1S/C14H27NO3/c1-4-10-18-11-8-12-7-6-9-14(12,15-5-2)13(16)17-3/h12,15H,4-11H2,1-3H3. The van der Waals surface area contributed by atoms with Gasteiger partial charge in [-0.25, -0.2) is 0 Å². The van der Waals surface area contributed by atoms with Crippen molar-refractivity contribution in [2.24, 2.45) is 5.92 Å². The van der Waals surface area contributed by atoms with E-state index < -0.39 is 5.54 Å². The van der Waals surface area contributed by atoms with Crippen LogP contribution in [0.5, 0.6) is 0 Å². The Bertz CT molecular complexity index is 257. The number of methoxy groups -OCH3 is 1. The summed E-state index contributed by atoms with van der Waals surface area (Å²) in [5, 5.41) is 3.37. The Morgan fingerprint density at radius 2 is 2.17 bits per heavy atom. The van der Waals surface area contributed by atoms with Crippen LogP contribution in [0.1, 0.15) is 46.0 Å². The topological polar surface area (TPSA) is 47.6 Å². The maximum atomic E-state index is 12.1. The van der Waals surface area contributed by atoms with Gasteiger partial charge in [-0.05, 0) is 38.1 Å². The fourth-order valence-corrected chi connectivity index (χ4v) is 3.01. The zero-order chi connectivity index (χ0) is 13.4. The molecule has 18 heavy (non-hydrogen) atoms. The van der Waals surface area contributed by atoms with E-state index in [1.165, 1.54) is 7.11 Å². The Balaban J connectivity index is 2.59. The molecule has 106 valence electrons. The van der Waals surface area contributed by atoms with Crippen LogP contribution in [0.15, 0.2) is 0 Å². The van der Waals surface area contributed by atoms with E-state index in [0.717, 1.165) is 51.9 Å². The quantitative estimate of drug-likeness (QED) is 0.534. The van der Waals surface area contributed by atoms with Crippen LogP contribution in [0, 0.1) is 5.92 Å².